The van der Waals surface area contributed by atoms with E-state index in [1.807, 2.05) is 0 Å². The monoisotopic (exact) mass is 206 g/mol. The average molecular weight is 206 g/mol. The lowest BCUT2D eigenvalue weighted by Gasteiger charge is -2.12. The van der Waals surface area contributed by atoms with Gasteiger partial charge in [0.15, 0.2) is 0 Å². The first-order valence-electron chi connectivity index (χ1n) is 4.62. The Morgan fingerprint density at radius 1 is 0.929 bits per heavy atom. The van der Waals surface area contributed by atoms with Crippen LogP contribution in [-0.4, -0.2) is 47.7 Å². The first-order chi connectivity index (χ1) is 6.20. The van der Waals surface area contributed by atoms with E-state index in [9.17, 15) is 10.2 Å². The molecular formula is C9H22N2O3. The Kier molecular flexibility index (Phi) is 6.22. The SMILES string of the molecule is C.NCC[C@H]1O[C@H](CCN)[C@@H](O)[C@@H]1O. The van der Waals surface area contributed by atoms with Crippen molar-refractivity contribution in [1.29, 1.82) is 0 Å². The summed E-state index contributed by atoms with van der Waals surface area (Å²) in [7, 11) is 0. The highest BCUT2D eigenvalue weighted by Gasteiger charge is 2.41. The van der Waals surface area contributed by atoms with Gasteiger partial charge in [0.2, 0.25) is 0 Å². The summed E-state index contributed by atoms with van der Waals surface area (Å²) in [6, 6.07) is 0. The Morgan fingerprint density at radius 2 is 1.29 bits per heavy atom. The smallest absolute Gasteiger partial charge is 0.109 e. The zero-order valence-electron chi connectivity index (χ0n) is 7.60. The molecule has 86 valence electrons. The van der Waals surface area contributed by atoms with Gasteiger partial charge in [-0.25, -0.2) is 0 Å². The second-order valence-corrected chi connectivity index (χ2v) is 3.35. The third kappa shape index (κ3) is 2.90. The molecule has 0 amide bonds. The van der Waals surface area contributed by atoms with Gasteiger partial charge in [-0.15, -0.1) is 0 Å². The van der Waals surface area contributed by atoms with E-state index in [4.69, 9.17) is 16.2 Å². The Labute approximate surface area is 85.0 Å². The molecule has 4 atom stereocenters. The van der Waals surface area contributed by atoms with Crippen molar-refractivity contribution in [2.75, 3.05) is 13.1 Å². The van der Waals surface area contributed by atoms with E-state index in [2.05, 4.69) is 0 Å². The molecule has 6 N–H and O–H groups in total. The maximum atomic E-state index is 9.51. The minimum atomic E-state index is -0.819. The van der Waals surface area contributed by atoms with Crippen molar-refractivity contribution in [1.82, 2.24) is 0 Å². The van der Waals surface area contributed by atoms with E-state index < -0.39 is 12.2 Å². The number of aliphatic hydroxyl groups excluding tert-OH is 2. The van der Waals surface area contributed by atoms with Crippen molar-refractivity contribution in [2.24, 2.45) is 11.5 Å². The Hall–Kier alpha value is -0.200. The lowest BCUT2D eigenvalue weighted by Crippen LogP contribution is -2.33. The molecule has 1 fully saturated rings. The number of rotatable bonds is 4. The predicted molar refractivity (Wildman–Crippen MR) is 54.7 cm³/mol. The highest BCUT2D eigenvalue weighted by molar-refractivity contribution is 4.90. The van der Waals surface area contributed by atoms with Crippen molar-refractivity contribution in [3.63, 3.8) is 0 Å². The van der Waals surface area contributed by atoms with Gasteiger partial charge in [-0.1, -0.05) is 7.43 Å². The molecule has 1 heterocycles. The molecular weight excluding hydrogens is 184 g/mol. The summed E-state index contributed by atoms with van der Waals surface area (Å²) in [5, 5.41) is 19.0. The normalized spacial score (nSPS) is 36.9. The zero-order valence-corrected chi connectivity index (χ0v) is 7.60. The maximum absolute atomic E-state index is 9.51. The fourth-order valence-electron chi connectivity index (χ4n) is 1.63. The average Bonchev–Trinajstić information content (AvgIpc) is 2.36. The Balaban J connectivity index is 0.00000169. The molecule has 14 heavy (non-hydrogen) atoms. The number of hydrogen-bond donors (Lipinski definition) is 4. The Morgan fingerprint density at radius 3 is 1.57 bits per heavy atom. The van der Waals surface area contributed by atoms with Crippen LogP contribution < -0.4 is 11.5 Å². The van der Waals surface area contributed by atoms with Gasteiger partial charge < -0.3 is 26.4 Å². The highest BCUT2D eigenvalue weighted by atomic mass is 16.5. The van der Waals surface area contributed by atoms with E-state index in [1.165, 1.54) is 0 Å². The van der Waals surface area contributed by atoms with Crippen LogP contribution >= 0.6 is 0 Å². The van der Waals surface area contributed by atoms with Crippen LogP contribution in [0.3, 0.4) is 0 Å². The minimum absolute atomic E-state index is 0. The van der Waals surface area contributed by atoms with Gasteiger partial charge in [-0.2, -0.15) is 0 Å². The van der Waals surface area contributed by atoms with Crippen LogP contribution in [0.15, 0.2) is 0 Å². The van der Waals surface area contributed by atoms with E-state index in [0.29, 0.717) is 25.9 Å². The predicted octanol–water partition coefficient (Wildman–Crippen LogP) is -1.19. The summed E-state index contributed by atoms with van der Waals surface area (Å²) in [4.78, 5) is 0. The maximum Gasteiger partial charge on any atom is 0.109 e. The molecule has 0 aromatic heterocycles. The largest absolute Gasteiger partial charge is 0.388 e. The fraction of sp³-hybridized carbons (Fsp3) is 1.00. The molecule has 5 heteroatoms. The fourth-order valence-corrected chi connectivity index (χ4v) is 1.63. The van der Waals surface area contributed by atoms with Crippen LogP contribution in [-0.2, 0) is 4.74 Å². The third-order valence-electron chi connectivity index (χ3n) is 2.36. The molecule has 1 saturated heterocycles. The molecule has 1 aliphatic heterocycles. The van der Waals surface area contributed by atoms with Crippen LogP contribution in [0, 0.1) is 0 Å². The van der Waals surface area contributed by atoms with Gasteiger partial charge >= 0.3 is 0 Å². The van der Waals surface area contributed by atoms with Crippen LogP contribution in [0.25, 0.3) is 0 Å². The number of aliphatic hydroxyl groups is 2. The van der Waals surface area contributed by atoms with Gasteiger partial charge in [-0.05, 0) is 25.9 Å². The molecule has 1 aliphatic rings. The number of ether oxygens (including phenoxy) is 1. The molecule has 0 aromatic carbocycles. The van der Waals surface area contributed by atoms with Crippen LogP contribution in [0.5, 0.6) is 0 Å². The summed E-state index contributed by atoms with van der Waals surface area (Å²) in [5.74, 6) is 0. The van der Waals surface area contributed by atoms with Crippen LogP contribution in [0.4, 0.5) is 0 Å². The standard InChI is InChI=1S/C8H18N2O3.CH4/c9-3-1-5-7(11)8(12)6(13-5)2-4-10;/h5-8,11-12H,1-4,9-10H2;1H4/t5-,6-,7-,8-;/m1./s1. The van der Waals surface area contributed by atoms with Gasteiger partial charge in [0, 0.05) is 0 Å². The quantitative estimate of drug-likeness (QED) is 0.463. The van der Waals surface area contributed by atoms with Crippen LogP contribution in [0.2, 0.25) is 0 Å². The molecule has 0 saturated carbocycles. The molecule has 0 aromatic rings. The molecule has 0 radical (unpaired) electrons. The molecule has 5 nitrogen and oxygen atoms in total. The molecule has 0 spiro atoms. The number of hydrogen-bond acceptors (Lipinski definition) is 5. The van der Waals surface area contributed by atoms with Gasteiger partial charge in [0.25, 0.3) is 0 Å². The van der Waals surface area contributed by atoms with Crippen LogP contribution in [0.1, 0.15) is 20.3 Å². The minimum Gasteiger partial charge on any atom is -0.388 e. The van der Waals surface area contributed by atoms with Gasteiger partial charge in [-0.3, -0.25) is 0 Å². The van der Waals surface area contributed by atoms with E-state index >= 15 is 0 Å². The van der Waals surface area contributed by atoms with E-state index in [1.54, 1.807) is 0 Å². The van der Waals surface area contributed by atoms with Crippen molar-refractivity contribution in [3.8, 4) is 0 Å². The first-order valence-corrected chi connectivity index (χ1v) is 4.62. The molecule has 0 aliphatic carbocycles. The summed E-state index contributed by atoms with van der Waals surface area (Å²) in [6.45, 7) is 0.896. The second kappa shape index (κ2) is 6.31. The van der Waals surface area contributed by atoms with Crippen molar-refractivity contribution < 1.29 is 14.9 Å². The van der Waals surface area contributed by atoms with Crippen molar-refractivity contribution in [2.45, 2.75) is 44.7 Å². The van der Waals surface area contributed by atoms with E-state index in [-0.39, 0.29) is 19.6 Å². The lowest BCUT2D eigenvalue weighted by atomic mass is 10.0. The topological polar surface area (TPSA) is 102 Å². The summed E-state index contributed by atoms with van der Waals surface area (Å²) < 4.78 is 5.41. The van der Waals surface area contributed by atoms with Crippen molar-refractivity contribution >= 4 is 0 Å². The van der Waals surface area contributed by atoms with E-state index in [0.717, 1.165) is 0 Å². The molecule has 0 bridgehead atoms. The lowest BCUT2D eigenvalue weighted by molar-refractivity contribution is 0.00296. The Bertz CT molecular complexity index is 141. The number of nitrogens with two attached hydrogens (primary N) is 2. The molecule has 0 unspecified atom stereocenters. The first kappa shape index (κ1) is 13.8. The summed E-state index contributed by atoms with van der Waals surface area (Å²) in [5.41, 5.74) is 10.7. The molecule has 1 rings (SSSR count). The summed E-state index contributed by atoms with van der Waals surface area (Å²) in [6.07, 6.45) is -1.17. The highest BCUT2D eigenvalue weighted by Crippen LogP contribution is 2.24. The van der Waals surface area contributed by atoms with Crippen molar-refractivity contribution in [3.05, 3.63) is 0 Å². The van der Waals surface area contributed by atoms with Gasteiger partial charge in [0.05, 0.1) is 12.2 Å². The summed E-state index contributed by atoms with van der Waals surface area (Å²) >= 11 is 0. The van der Waals surface area contributed by atoms with Gasteiger partial charge in [0.1, 0.15) is 12.2 Å². The third-order valence-corrected chi connectivity index (χ3v) is 2.36. The zero-order chi connectivity index (χ0) is 9.84. The second-order valence-electron chi connectivity index (χ2n) is 3.35.